The van der Waals surface area contributed by atoms with E-state index in [1.807, 2.05) is 32.9 Å². The number of amides is 2. The maximum atomic E-state index is 12.9. The molecule has 10 heteroatoms. The van der Waals surface area contributed by atoms with Gasteiger partial charge in [-0.25, -0.2) is 5.43 Å². The van der Waals surface area contributed by atoms with Crippen molar-refractivity contribution >= 4 is 52.8 Å². The molecule has 41 heavy (non-hydrogen) atoms. The van der Waals surface area contributed by atoms with E-state index in [1.165, 1.54) is 6.21 Å². The first-order chi connectivity index (χ1) is 19.6. The van der Waals surface area contributed by atoms with Gasteiger partial charge in [0.2, 0.25) is 0 Å². The Hall–Kier alpha value is -3.52. The van der Waals surface area contributed by atoms with Crippen molar-refractivity contribution in [2.45, 2.75) is 39.8 Å². The highest BCUT2D eigenvalue weighted by atomic mass is 35.5. The van der Waals surface area contributed by atoms with Gasteiger partial charge in [0.1, 0.15) is 12.6 Å². The van der Waals surface area contributed by atoms with Crippen LogP contribution < -0.4 is 20.2 Å². The van der Waals surface area contributed by atoms with Crippen LogP contribution in [-0.2, 0) is 17.8 Å². The van der Waals surface area contributed by atoms with E-state index in [-0.39, 0.29) is 18.4 Å². The van der Waals surface area contributed by atoms with Crippen LogP contribution in [0.2, 0.25) is 15.1 Å². The van der Waals surface area contributed by atoms with Crippen LogP contribution in [0.25, 0.3) is 0 Å². The number of ether oxygens (including phenoxy) is 2. The Bertz CT molecular complexity index is 1410. The number of carbonyl (C=O) groups excluding carboxylic acids is 2. The molecule has 0 saturated heterocycles. The van der Waals surface area contributed by atoms with Crippen molar-refractivity contribution in [1.82, 2.24) is 10.7 Å². The van der Waals surface area contributed by atoms with Crippen LogP contribution in [0.1, 0.15) is 47.8 Å². The van der Waals surface area contributed by atoms with Gasteiger partial charge in [0.15, 0.2) is 11.5 Å². The summed E-state index contributed by atoms with van der Waals surface area (Å²) in [5, 5.41) is 8.46. The van der Waals surface area contributed by atoms with E-state index in [0.717, 1.165) is 11.1 Å². The summed E-state index contributed by atoms with van der Waals surface area (Å²) in [7, 11) is 0. The Labute approximate surface area is 255 Å². The Balaban J connectivity index is 1.76. The highest BCUT2D eigenvalue weighted by Crippen LogP contribution is 2.35. The predicted octanol–water partition coefficient (Wildman–Crippen LogP) is 7.26. The number of nitrogens with zero attached hydrogens (tertiary/aromatic N) is 1. The molecule has 2 N–H and O–H groups in total. The van der Waals surface area contributed by atoms with Crippen LogP contribution in [0.3, 0.4) is 0 Å². The second kappa shape index (κ2) is 15.5. The van der Waals surface area contributed by atoms with E-state index in [4.69, 9.17) is 44.3 Å². The van der Waals surface area contributed by atoms with Gasteiger partial charge in [-0.05, 0) is 73.4 Å². The molecule has 3 rings (SSSR count). The first kappa shape index (κ1) is 32.0. The number of hydrogen-bond donors (Lipinski definition) is 2. The minimum Gasteiger partial charge on any atom is -0.490 e. The number of hydrogen-bond acceptors (Lipinski definition) is 5. The zero-order valence-electron chi connectivity index (χ0n) is 23.0. The average Bonchev–Trinajstić information content (AvgIpc) is 2.92. The summed E-state index contributed by atoms with van der Waals surface area (Å²) < 4.78 is 12.0. The number of carbonyl (C=O) groups is 2. The minimum atomic E-state index is -0.805. The van der Waals surface area contributed by atoms with Crippen molar-refractivity contribution < 1.29 is 19.1 Å². The Morgan fingerprint density at radius 2 is 1.68 bits per heavy atom. The molecule has 7 nitrogen and oxygen atoms in total. The lowest BCUT2D eigenvalue weighted by Gasteiger charge is -2.20. The second-order valence-electron chi connectivity index (χ2n) is 9.39. The van der Waals surface area contributed by atoms with Crippen molar-refractivity contribution in [2.24, 2.45) is 11.0 Å². The highest BCUT2D eigenvalue weighted by Gasteiger charge is 2.24. The highest BCUT2D eigenvalue weighted by molar-refractivity contribution is 6.35. The maximum absolute atomic E-state index is 12.9. The summed E-state index contributed by atoms with van der Waals surface area (Å²) in [6.45, 7) is 10.0. The zero-order chi connectivity index (χ0) is 29.9. The van der Waals surface area contributed by atoms with Gasteiger partial charge >= 0.3 is 0 Å². The van der Waals surface area contributed by atoms with E-state index in [0.29, 0.717) is 50.7 Å². The summed E-state index contributed by atoms with van der Waals surface area (Å²) >= 11 is 18.2. The molecule has 0 aliphatic heterocycles. The average molecular weight is 617 g/mol. The van der Waals surface area contributed by atoms with Crippen LogP contribution >= 0.6 is 34.8 Å². The molecule has 216 valence electrons. The van der Waals surface area contributed by atoms with Crippen LogP contribution in [-0.4, -0.2) is 30.7 Å². The van der Waals surface area contributed by atoms with Gasteiger partial charge in [0, 0.05) is 31.8 Å². The maximum Gasteiger partial charge on any atom is 0.262 e. The standard InChI is InChI=1S/C31H32Cl3N3O4/c1-5-7-22-14-20(15-27(40-6-2)29(22)41-18-23-10-13-25(33)16-26(23)34)17-35-37-31(39)28(19(3)4)36-30(38)21-8-11-24(32)12-9-21/h5,8-17,19,28H,1,6-7,18H2,2-4H3,(H,36,38)(H,37,39)/b35-17+. The van der Waals surface area contributed by atoms with E-state index in [2.05, 4.69) is 22.4 Å². The molecule has 1 unspecified atom stereocenters. The molecule has 0 aliphatic carbocycles. The Morgan fingerprint density at radius 3 is 2.32 bits per heavy atom. The molecule has 0 aromatic heterocycles. The normalized spacial score (nSPS) is 11.8. The number of rotatable bonds is 13. The zero-order valence-corrected chi connectivity index (χ0v) is 25.3. The molecule has 0 heterocycles. The molecule has 0 saturated carbocycles. The minimum absolute atomic E-state index is 0.184. The lowest BCUT2D eigenvalue weighted by atomic mass is 10.0. The Kier molecular flexibility index (Phi) is 12.1. The molecule has 2 amide bonds. The lowest BCUT2D eigenvalue weighted by Crippen LogP contribution is -2.48. The monoisotopic (exact) mass is 615 g/mol. The van der Waals surface area contributed by atoms with E-state index in [1.54, 1.807) is 48.5 Å². The largest absolute Gasteiger partial charge is 0.490 e. The van der Waals surface area contributed by atoms with Gasteiger partial charge in [-0.15, -0.1) is 6.58 Å². The van der Waals surface area contributed by atoms with E-state index >= 15 is 0 Å². The van der Waals surface area contributed by atoms with Crippen LogP contribution in [0, 0.1) is 5.92 Å². The van der Waals surface area contributed by atoms with Gasteiger partial charge in [-0.2, -0.15) is 5.10 Å². The van der Waals surface area contributed by atoms with Gasteiger partial charge in [-0.1, -0.05) is 60.8 Å². The molecular weight excluding hydrogens is 585 g/mol. The van der Waals surface area contributed by atoms with Crippen molar-refractivity contribution in [3.8, 4) is 11.5 Å². The molecule has 0 spiro atoms. The third-order valence-electron chi connectivity index (χ3n) is 5.94. The van der Waals surface area contributed by atoms with Crippen LogP contribution in [0.4, 0.5) is 0 Å². The third-order valence-corrected chi connectivity index (χ3v) is 6.77. The summed E-state index contributed by atoms with van der Waals surface area (Å²) in [5.74, 6) is 0.0552. The van der Waals surface area contributed by atoms with Gasteiger partial charge in [0.25, 0.3) is 11.8 Å². The third kappa shape index (κ3) is 9.25. The van der Waals surface area contributed by atoms with Crippen molar-refractivity contribution in [2.75, 3.05) is 6.61 Å². The number of allylic oxidation sites excluding steroid dienone is 1. The lowest BCUT2D eigenvalue weighted by molar-refractivity contribution is -0.123. The fourth-order valence-corrected chi connectivity index (χ4v) is 4.47. The fraction of sp³-hybridized carbons (Fsp3) is 0.258. The first-order valence-electron chi connectivity index (χ1n) is 13.0. The summed E-state index contributed by atoms with van der Waals surface area (Å²) in [6.07, 6.45) is 3.77. The molecule has 0 radical (unpaired) electrons. The van der Waals surface area contributed by atoms with Crippen LogP contribution in [0.5, 0.6) is 11.5 Å². The molecular formula is C31H32Cl3N3O4. The summed E-state index contributed by atoms with van der Waals surface area (Å²) in [5.41, 5.74) is 5.20. The second-order valence-corrected chi connectivity index (χ2v) is 10.7. The molecule has 0 bridgehead atoms. The topological polar surface area (TPSA) is 89.0 Å². The number of nitrogens with one attached hydrogen (secondary N) is 2. The number of hydrazone groups is 1. The SMILES string of the molecule is C=CCc1cc(/C=N/NC(=O)C(NC(=O)c2ccc(Cl)cc2)C(C)C)cc(OCC)c1OCc1ccc(Cl)cc1Cl. The van der Waals surface area contributed by atoms with E-state index < -0.39 is 11.9 Å². The fourth-order valence-electron chi connectivity index (χ4n) is 3.88. The summed E-state index contributed by atoms with van der Waals surface area (Å²) in [6, 6.07) is 14.5. The quantitative estimate of drug-likeness (QED) is 0.120. The molecule has 1 atom stereocenters. The van der Waals surface area contributed by atoms with Crippen molar-refractivity contribution in [1.29, 1.82) is 0 Å². The van der Waals surface area contributed by atoms with Crippen molar-refractivity contribution in [3.63, 3.8) is 0 Å². The van der Waals surface area contributed by atoms with Crippen LogP contribution in [0.15, 0.2) is 72.4 Å². The van der Waals surface area contributed by atoms with Gasteiger partial charge in [0.05, 0.1) is 12.8 Å². The van der Waals surface area contributed by atoms with E-state index in [9.17, 15) is 9.59 Å². The number of halogens is 3. The number of benzene rings is 3. The molecule has 0 fully saturated rings. The smallest absolute Gasteiger partial charge is 0.262 e. The molecule has 0 aliphatic rings. The predicted molar refractivity (Wildman–Crippen MR) is 166 cm³/mol. The molecule has 3 aromatic carbocycles. The summed E-state index contributed by atoms with van der Waals surface area (Å²) in [4.78, 5) is 25.6. The van der Waals surface area contributed by atoms with Gasteiger partial charge in [-0.3, -0.25) is 9.59 Å². The van der Waals surface area contributed by atoms with Gasteiger partial charge < -0.3 is 14.8 Å². The Morgan fingerprint density at radius 1 is 0.976 bits per heavy atom. The first-order valence-corrected chi connectivity index (χ1v) is 14.1. The molecule has 3 aromatic rings. The van der Waals surface area contributed by atoms with Crippen molar-refractivity contribution in [3.05, 3.63) is 105 Å².